The third-order valence-electron chi connectivity index (χ3n) is 9.52. The standard InChI is InChI=1S/C27H40N8O2.ClH/c28-25-24(26(36)37)32-23(16-30-25)20-15-31-35(18-20)21-3-9-33(10-4-21)17-19-1-11-34(12-2-19)22-13-27(14-22)5-7-29-8-6-27;/h15-16,18-19,21-22,29H,1-14,17H2,(H2,28,30)(H,36,37);1H. The maximum atomic E-state index is 11.3. The molecule has 0 amide bonds. The van der Waals surface area contributed by atoms with Gasteiger partial charge in [-0.05, 0) is 88.9 Å². The number of halogens is 1. The molecule has 38 heavy (non-hydrogen) atoms. The fourth-order valence-corrected chi connectivity index (χ4v) is 7.16. The number of carboxylic acid groups (broad SMARTS) is 1. The lowest BCUT2D eigenvalue weighted by molar-refractivity contribution is -0.0348. The number of aromatic nitrogens is 4. The number of nitrogens with zero attached hydrogens (tertiary/aromatic N) is 6. The van der Waals surface area contributed by atoms with Crippen molar-refractivity contribution in [2.75, 3.05) is 51.5 Å². The van der Waals surface area contributed by atoms with Crippen LogP contribution in [0.3, 0.4) is 0 Å². The second-order valence-electron chi connectivity index (χ2n) is 11.8. The van der Waals surface area contributed by atoms with Gasteiger partial charge in [-0.3, -0.25) is 4.68 Å². The predicted octanol–water partition coefficient (Wildman–Crippen LogP) is 2.92. The van der Waals surface area contributed by atoms with Gasteiger partial charge >= 0.3 is 5.97 Å². The Kier molecular flexibility index (Phi) is 8.23. The number of aromatic carboxylic acids is 1. The van der Waals surface area contributed by atoms with Gasteiger partial charge in [-0.15, -0.1) is 12.4 Å². The van der Waals surface area contributed by atoms with Crippen LogP contribution in [0.1, 0.15) is 67.9 Å². The first-order valence-electron chi connectivity index (χ1n) is 14.1. The molecule has 1 saturated carbocycles. The first-order chi connectivity index (χ1) is 18.0. The summed E-state index contributed by atoms with van der Waals surface area (Å²) < 4.78 is 2.01. The van der Waals surface area contributed by atoms with Crippen LogP contribution in [0.15, 0.2) is 18.6 Å². The second-order valence-corrected chi connectivity index (χ2v) is 11.8. The number of anilines is 1. The van der Waals surface area contributed by atoms with E-state index < -0.39 is 5.97 Å². The zero-order chi connectivity index (χ0) is 25.4. The van der Waals surface area contributed by atoms with Gasteiger partial charge in [0, 0.05) is 37.4 Å². The summed E-state index contributed by atoms with van der Waals surface area (Å²) >= 11 is 0. The third kappa shape index (κ3) is 5.68. The van der Waals surface area contributed by atoms with Crippen molar-refractivity contribution in [2.45, 2.75) is 63.5 Å². The lowest BCUT2D eigenvalue weighted by atomic mass is 9.60. The van der Waals surface area contributed by atoms with Crippen molar-refractivity contribution < 1.29 is 9.90 Å². The number of likely N-dealkylation sites (tertiary alicyclic amines) is 2. The summed E-state index contributed by atoms with van der Waals surface area (Å²) in [7, 11) is 0. The molecule has 4 N–H and O–H groups in total. The molecule has 6 rings (SSSR count). The summed E-state index contributed by atoms with van der Waals surface area (Å²) in [5.74, 6) is -0.425. The molecule has 0 unspecified atom stereocenters. The molecule has 11 heteroatoms. The first kappa shape index (κ1) is 27.3. The molecule has 4 fully saturated rings. The van der Waals surface area contributed by atoms with Crippen LogP contribution in [0.25, 0.3) is 11.3 Å². The summed E-state index contributed by atoms with van der Waals surface area (Å²) in [5.41, 5.74) is 7.35. The Morgan fingerprint density at radius 3 is 2.45 bits per heavy atom. The van der Waals surface area contributed by atoms with Crippen LogP contribution in [0.5, 0.6) is 0 Å². The molecule has 4 aliphatic rings. The van der Waals surface area contributed by atoms with E-state index in [-0.39, 0.29) is 23.9 Å². The topological polar surface area (TPSA) is 125 Å². The highest BCUT2D eigenvalue weighted by atomic mass is 35.5. The number of piperidine rings is 3. The van der Waals surface area contributed by atoms with Gasteiger partial charge in [-0.2, -0.15) is 5.10 Å². The highest BCUT2D eigenvalue weighted by molar-refractivity contribution is 5.90. The molecule has 3 aliphatic heterocycles. The molecule has 5 heterocycles. The van der Waals surface area contributed by atoms with E-state index in [1.54, 1.807) is 6.20 Å². The minimum Gasteiger partial charge on any atom is -0.476 e. The quantitative estimate of drug-likeness (QED) is 0.503. The zero-order valence-electron chi connectivity index (χ0n) is 22.1. The molecule has 1 aliphatic carbocycles. The number of carbonyl (C=O) groups is 1. The number of rotatable bonds is 6. The van der Waals surface area contributed by atoms with Crippen LogP contribution in [0.4, 0.5) is 5.82 Å². The van der Waals surface area contributed by atoms with Crippen LogP contribution in [-0.2, 0) is 0 Å². The summed E-state index contributed by atoms with van der Waals surface area (Å²) in [6, 6.07) is 1.21. The van der Waals surface area contributed by atoms with Crippen molar-refractivity contribution in [3.05, 3.63) is 24.3 Å². The number of nitrogens with one attached hydrogen (secondary N) is 1. The monoisotopic (exact) mass is 544 g/mol. The molecule has 3 saturated heterocycles. The van der Waals surface area contributed by atoms with Gasteiger partial charge in [-0.25, -0.2) is 14.8 Å². The third-order valence-corrected chi connectivity index (χ3v) is 9.52. The SMILES string of the molecule is Cl.Nc1ncc(-c2cnn(C3CCN(CC4CCN(C5CC6(CCNCC6)C5)CC4)CC3)c2)nc1C(=O)O. The molecular formula is C27H41ClN8O2. The highest BCUT2D eigenvalue weighted by Crippen LogP contribution is 2.50. The molecule has 10 nitrogen and oxygen atoms in total. The molecule has 0 bridgehead atoms. The minimum atomic E-state index is -1.18. The van der Waals surface area contributed by atoms with E-state index in [0.717, 1.165) is 43.5 Å². The fraction of sp³-hybridized carbons (Fsp3) is 0.704. The number of carboxylic acids is 1. The molecule has 2 aromatic rings. The molecule has 0 atom stereocenters. The van der Waals surface area contributed by atoms with Gasteiger partial charge < -0.3 is 26.0 Å². The van der Waals surface area contributed by atoms with E-state index in [1.165, 1.54) is 77.4 Å². The molecule has 2 aromatic heterocycles. The van der Waals surface area contributed by atoms with E-state index in [2.05, 4.69) is 30.2 Å². The molecule has 0 aromatic carbocycles. The smallest absolute Gasteiger partial charge is 0.358 e. The van der Waals surface area contributed by atoms with Crippen molar-refractivity contribution in [3.8, 4) is 11.3 Å². The average Bonchev–Trinajstić information content (AvgIpc) is 3.39. The fourth-order valence-electron chi connectivity index (χ4n) is 7.16. The van der Waals surface area contributed by atoms with Crippen molar-refractivity contribution >= 4 is 24.2 Å². The average molecular weight is 545 g/mol. The second kappa shape index (κ2) is 11.5. The van der Waals surface area contributed by atoms with Gasteiger partial charge in [0.15, 0.2) is 11.5 Å². The van der Waals surface area contributed by atoms with Gasteiger partial charge in [0.25, 0.3) is 0 Å². The molecule has 0 radical (unpaired) electrons. The van der Waals surface area contributed by atoms with Crippen molar-refractivity contribution in [3.63, 3.8) is 0 Å². The Morgan fingerprint density at radius 2 is 1.76 bits per heavy atom. The van der Waals surface area contributed by atoms with Gasteiger partial charge in [0.2, 0.25) is 0 Å². The van der Waals surface area contributed by atoms with Gasteiger partial charge in [0.1, 0.15) is 0 Å². The van der Waals surface area contributed by atoms with Crippen LogP contribution in [0.2, 0.25) is 0 Å². The highest BCUT2D eigenvalue weighted by Gasteiger charge is 2.47. The largest absolute Gasteiger partial charge is 0.476 e. The number of nitrogen functional groups attached to an aromatic ring is 1. The van der Waals surface area contributed by atoms with Crippen LogP contribution in [-0.4, -0.2) is 92.5 Å². The van der Waals surface area contributed by atoms with Crippen molar-refractivity contribution in [1.29, 1.82) is 0 Å². The van der Waals surface area contributed by atoms with Crippen LogP contribution < -0.4 is 11.1 Å². The Labute approximate surface area is 230 Å². The Morgan fingerprint density at radius 1 is 1.05 bits per heavy atom. The van der Waals surface area contributed by atoms with Crippen LogP contribution in [0, 0.1) is 11.3 Å². The number of nitrogens with two attached hydrogens (primary N) is 1. The van der Waals surface area contributed by atoms with E-state index in [9.17, 15) is 9.90 Å². The molecule has 1 spiro atoms. The molecular weight excluding hydrogens is 504 g/mol. The maximum Gasteiger partial charge on any atom is 0.358 e. The Hall–Kier alpha value is -2.27. The van der Waals surface area contributed by atoms with E-state index >= 15 is 0 Å². The maximum absolute atomic E-state index is 11.3. The van der Waals surface area contributed by atoms with Crippen molar-refractivity contribution in [2.24, 2.45) is 11.3 Å². The van der Waals surface area contributed by atoms with E-state index in [4.69, 9.17) is 5.73 Å². The summed E-state index contributed by atoms with van der Waals surface area (Å²) in [6.45, 7) is 8.44. The lowest BCUT2D eigenvalue weighted by Gasteiger charge is -2.55. The van der Waals surface area contributed by atoms with E-state index in [0.29, 0.717) is 17.2 Å². The van der Waals surface area contributed by atoms with Gasteiger partial charge in [-0.1, -0.05) is 0 Å². The number of hydrogen-bond acceptors (Lipinski definition) is 8. The summed E-state index contributed by atoms with van der Waals surface area (Å²) in [4.78, 5) is 25.0. The Bertz CT molecular complexity index is 1100. The summed E-state index contributed by atoms with van der Waals surface area (Å²) in [6.07, 6.45) is 15.7. The molecule has 208 valence electrons. The first-order valence-corrected chi connectivity index (χ1v) is 14.1. The Balaban J connectivity index is 0.00000294. The number of hydrogen-bond donors (Lipinski definition) is 3. The van der Waals surface area contributed by atoms with Crippen LogP contribution >= 0.6 is 12.4 Å². The zero-order valence-corrected chi connectivity index (χ0v) is 22.9. The summed E-state index contributed by atoms with van der Waals surface area (Å²) in [5, 5.41) is 17.4. The van der Waals surface area contributed by atoms with Crippen molar-refractivity contribution in [1.82, 2.24) is 34.9 Å². The van der Waals surface area contributed by atoms with Gasteiger partial charge in [0.05, 0.1) is 24.1 Å². The normalized spacial score (nSPS) is 23.7. The minimum absolute atomic E-state index is 0. The predicted molar refractivity (Wildman–Crippen MR) is 148 cm³/mol. The van der Waals surface area contributed by atoms with E-state index in [1.807, 2.05) is 10.9 Å². The lowest BCUT2D eigenvalue weighted by Crippen LogP contribution is -2.56.